The summed E-state index contributed by atoms with van der Waals surface area (Å²) in [5.74, 6) is 0.367. The summed E-state index contributed by atoms with van der Waals surface area (Å²) >= 11 is 0. The minimum absolute atomic E-state index is 0.0969. The number of benzene rings is 1. The molecular formula is C13H18O7. The fourth-order valence-electron chi connectivity index (χ4n) is 1.97. The number of hydrogen-bond acceptors (Lipinski definition) is 7. The molecule has 7 heteroatoms. The van der Waals surface area contributed by atoms with E-state index >= 15 is 0 Å². The highest BCUT2D eigenvalue weighted by atomic mass is 16.7. The highest BCUT2D eigenvalue weighted by Crippen LogP contribution is 2.24. The molecule has 0 radical (unpaired) electrons. The van der Waals surface area contributed by atoms with Crippen molar-refractivity contribution in [3.05, 3.63) is 29.8 Å². The second kappa shape index (κ2) is 6.49. The molecule has 0 saturated carbocycles. The van der Waals surface area contributed by atoms with E-state index in [9.17, 15) is 15.3 Å². The van der Waals surface area contributed by atoms with Crippen molar-refractivity contribution in [2.75, 3.05) is 6.61 Å². The van der Waals surface area contributed by atoms with Gasteiger partial charge in [0.15, 0.2) is 0 Å². The number of rotatable bonds is 4. The fourth-order valence-corrected chi connectivity index (χ4v) is 1.97. The molecule has 5 N–H and O–H groups in total. The van der Waals surface area contributed by atoms with Crippen LogP contribution in [0.2, 0.25) is 0 Å². The highest BCUT2D eigenvalue weighted by Gasteiger charge is 2.44. The van der Waals surface area contributed by atoms with Crippen LogP contribution in [0.15, 0.2) is 24.3 Å². The Hall–Kier alpha value is -1.22. The molecule has 0 aromatic heterocycles. The zero-order valence-corrected chi connectivity index (χ0v) is 10.7. The summed E-state index contributed by atoms with van der Waals surface area (Å²) in [4.78, 5) is 0. The predicted molar refractivity (Wildman–Crippen MR) is 66.8 cm³/mol. The molecule has 1 aliphatic rings. The average molecular weight is 286 g/mol. The van der Waals surface area contributed by atoms with Gasteiger partial charge in [0.25, 0.3) is 0 Å². The Morgan fingerprint density at radius 2 is 1.60 bits per heavy atom. The highest BCUT2D eigenvalue weighted by molar-refractivity contribution is 5.27. The number of hydrogen-bond donors (Lipinski definition) is 5. The van der Waals surface area contributed by atoms with Gasteiger partial charge in [-0.15, -0.1) is 0 Å². The normalized spacial score (nSPS) is 34.0. The van der Waals surface area contributed by atoms with Gasteiger partial charge in [-0.05, 0) is 17.7 Å². The lowest BCUT2D eigenvalue weighted by atomic mass is 9.99. The Labute approximate surface area is 115 Å². The van der Waals surface area contributed by atoms with Crippen molar-refractivity contribution in [2.45, 2.75) is 37.3 Å². The van der Waals surface area contributed by atoms with Crippen LogP contribution in [0.1, 0.15) is 5.56 Å². The Bertz CT molecular complexity index is 419. The monoisotopic (exact) mass is 286 g/mol. The number of aliphatic hydroxyl groups is 5. The third-order valence-electron chi connectivity index (χ3n) is 3.21. The fraction of sp³-hybridized carbons (Fsp3) is 0.538. The molecule has 1 aliphatic heterocycles. The minimum atomic E-state index is -1.47. The van der Waals surface area contributed by atoms with Crippen LogP contribution in [-0.2, 0) is 11.3 Å². The lowest BCUT2D eigenvalue weighted by molar-refractivity contribution is -0.277. The van der Waals surface area contributed by atoms with Gasteiger partial charge in [0.1, 0.15) is 30.2 Å². The molecule has 1 aromatic carbocycles. The zero-order chi connectivity index (χ0) is 14.7. The first-order valence-corrected chi connectivity index (χ1v) is 6.23. The van der Waals surface area contributed by atoms with Crippen LogP contribution in [0.3, 0.4) is 0 Å². The largest absolute Gasteiger partial charge is 0.462 e. The molecule has 0 bridgehead atoms. The van der Waals surface area contributed by atoms with Crippen LogP contribution < -0.4 is 4.74 Å². The summed E-state index contributed by atoms with van der Waals surface area (Å²) in [6, 6.07) is 6.43. The number of aliphatic hydroxyl groups excluding tert-OH is 5. The molecule has 7 nitrogen and oxygen atoms in total. The molecule has 0 spiro atoms. The minimum Gasteiger partial charge on any atom is -0.462 e. The third kappa shape index (κ3) is 3.09. The van der Waals surface area contributed by atoms with E-state index in [1.165, 1.54) is 0 Å². The van der Waals surface area contributed by atoms with Gasteiger partial charge in [0.2, 0.25) is 6.29 Å². The summed E-state index contributed by atoms with van der Waals surface area (Å²) in [6.07, 6.45) is -6.53. The molecule has 112 valence electrons. The lowest BCUT2D eigenvalue weighted by Crippen LogP contribution is -2.60. The molecule has 5 atom stereocenters. The smallest absolute Gasteiger partial charge is 0.229 e. The third-order valence-corrected chi connectivity index (χ3v) is 3.21. The molecule has 0 unspecified atom stereocenters. The maximum Gasteiger partial charge on any atom is 0.229 e. The van der Waals surface area contributed by atoms with Crippen molar-refractivity contribution >= 4 is 0 Å². The van der Waals surface area contributed by atoms with Crippen molar-refractivity contribution in [1.82, 2.24) is 0 Å². The molecule has 1 aromatic rings. The lowest BCUT2D eigenvalue weighted by Gasteiger charge is -2.39. The molecule has 0 amide bonds. The maximum absolute atomic E-state index is 9.80. The molecular weight excluding hydrogens is 268 g/mol. The van der Waals surface area contributed by atoms with Gasteiger partial charge >= 0.3 is 0 Å². The number of ether oxygens (including phenoxy) is 2. The molecule has 1 fully saturated rings. The molecule has 1 heterocycles. The van der Waals surface area contributed by atoms with Crippen molar-refractivity contribution in [1.29, 1.82) is 0 Å². The zero-order valence-electron chi connectivity index (χ0n) is 10.7. The second-order valence-corrected chi connectivity index (χ2v) is 4.62. The van der Waals surface area contributed by atoms with Crippen molar-refractivity contribution in [2.24, 2.45) is 0 Å². The van der Waals surface area contributed by atoms with Crippen molar-refractivity contribution < 1.29 is 35.0 Å². The van der Waals surface area contributed by atoms with Gasteiger partial charge in [-0.2, -0.15) is 0 Å². The SMILES string of the molecule is OCc1ccc(O[C@@H]2O[C@@H](CO)[C@@H](O)[C@@H](O)[C@@H]2O)cc1. The van der Waals surface area contributed by atoms with Gasteiger partial charge in [0.05, 0.1) is 13.2 Å². The first-order chi connectivity index (χ1) is 9.56. The van der Waals surface area contributed by atoms with E-state index in [1.807, 2.05) is 0 Å². The Kier molecular flexibility index (Phi) is 4.92. The van der Waals surface area contributed by atoms with Crippen LogP contribution in [0.5, 0.6) is 5.75 Å². The Balaban J connectivity index is 2.06. The van der Waals surface area contributed by atoms with Crippen LogP contribution in [0.4, 0.5) is 0 Å². The van der Waals surface area contributed by atoms with Gasteiger partial charge < -0.3 is 35.0 Å². The van der Waals surface area contributed by atoms with E-state index in [0.29, 0.717) is 11.3 Å². The Morgan fingerprint density at radius 3 is 2.15 bits per heavy atom. The first-order valence-electron chi connectivity index (χ1n) is 6.23. The standard InChI is InChI=1S/C13H18O7/c14-5-7-1-3-8(4-2-7)19-13-12(18)11(17)10(16)9(6-15)20-13/h1-4,9-18H,5-6H2/t9-,10+,11+,12-,13+/m0/s1. The molecule has 2 rings (SSSR count). The molecule has 20 heavy (non-hydrogen) atoms. The van der Waals surface area contributed by atoms with E-state index in [2.05, 4.69) is 0 Å². The second-order valence-electron chi connectivity index (χ2n) is 4.62. The van der Waals surface area contributed by atoms with Gasteiger partial charge in [0, 0.05) is 0 Å². The van der Waals surface area contributed by atoms with Crippen LogP contribution in [-0.4, -0.2) is 62.8 Å². The summed E-state index contributed by atoms with van der Waals surface area (Å²) in [7, 11) is 0. The van der Waals surface area contributed by atoms with Crippen LogP contribution in [0, 0.1) is 0 Å². The summed E-state index contributed by atoms with van der Waals surface area (Å²) < 4.78 is 10.6. The molecule has 1 saturated heterocycles. The van der Waals surface area contributed by atoms with Gasteiger partial charge in [-0.25, -0.2) is 0 Å². The van der Waals surface area contributed by atoms with Gasteiger partial charge in [-0.1, -0.05) is 12.1 Å². The Morgan fingerprint density at radius 1 is 0.950 bits per heavy atom. The van der Waals surface area contributed by atoms with E-state index in [0.717, 1.165) is 0 Å². The predicted octanol–water partition coefficient (Wildman–Crippen LogP) is -1.64. The van der Waals surface area contributed by atoms with E-state index in [-0.39, 0.29) is 6.61 Å². The average Bonchev–Trinajstić information content (AvgIpc) is 2.48. The molecule has 0 aliphatic carbocycles. The van der Waals surface area contributed by atoms with Crippen LogP contribution in [0.25, 0.3) is 0 Å². The van der Waals surface area contributed by atoms with Crippen molar-refractivity contribution in [3.8, 4) is 5.75 Å². The summed E-state index contributed by atoms with van der Waals surface area (Å²) in [5, 5.41) is 47.0. The van der Waals surface area contributed by atoms with Crippen LogP contribution >= 0.6 is 0 Å². The quantitative estimate of drug-likeness (QED) is 0.450. The van der Waals surface area contributed by atoms with E-state index in [1.54, 1.807) is 24.3 Å². The maximum atomic E-state index is 9.80. The van der Waals surface area contributed by atoms with Crippen molar-refractivity contribution in [3.63, 3.8) is 0 Å². The first kappa shape index (κ1) is 15.2. The van der Waals surface area contributed by atoms with Gasteiger partial charge in [-0.3, -0.25) is 0 Å². The van der Waals surface area contributed by atoms with E-state index in [4.69, 9.17) is 19.7 Å². The topological polar surface area (TPSA) is 120 Å². The summed E-state index contributed by atoms with van der Waals surface area (Å²) in [5.41, 5.74) is 0.700. The summed E-state index contributed by atoms with van der Waals surface area (Å²) in [6.45, 7) is -0.603. The van der Waals surface area contributed by atoms with E-state index < -0.39 is 37.3 Å².